The highest BCUT2D eigenvalue weighted by Gasteiger charge is 2.43. The number of rotatable bonds is 8. The van der Waals surface area contributed by atoms with Gasteiger partial charge in [0.2, 0.25) is 5.91 Å². The van der Waals surface area contributed by atoms with Crippen LogP contribution in [0.2, 0.25) is 0 Å². The van der Waals surface area contributed by atoms with E-state index in [1.54, 1.807) is 27.0 Å². The lowest BCUT2D eigenvalue weighted by molar-refractivity contribution is -0.151. The number of hydrogen-bond donors (Lipinski definition) is 4. The molecule has 25 heavy (non-hydrogen) atoms. The third kappa shape index (κ3) is 6.05. The summed E-state index contributed by atoms with van der Waals surface area (Å²) in [5.74, 6) is -1.06. The Morgan fingerprint density at radius 1 is 1.40 bits per heavy atom. The van der Waals surface area contributed by atoms with E-state index >= 15 is 0 Å². The van der Waals surface area contributed by atoms with Crippen LogP contribution in [-0.2, 0) is 19.1 Å². The number of nitrogens with one attached hydrogen (secondary N) is 1. The van der Waals surface area contributed by atoms with Gasteiger partial charge in [-0.25, -0.2) is 0 Å². The molecular formula is C16H25N3O6. The number of ether oxygens (including phenoxy) is 2. The summed E-state index contributed by atoms with van der Waals surface area (Å²) >= 11 is 0. The van der Waals surface area contributed by atoms with Gasteiger partial charge < -0.3 is 30.7 Å². The fourth-order valence-electron chi connectivity index (χ4n) is 2.00. The SMILES string of the molecule is C\C=C(/C=C\C=N\[C@@H]1O[C@H](COC(=O)[C@H](C)NC)[C@@H](O)[C@H]1O)C(N)=O. The van der Waals surface area contributed by atoms with Crippen LogP contribution < -0.4 is 11.1 Å². The summed E-state index contributed by atoms with van der Waals surface area (Å²) in [5.41, 5.74) is 5.46. The highest BCUT2D eigenvalue weighted by molar-refractivity contribution is 5.95. The van der Waals surface area contributed by atoms with Gasteiger partial charge in [0.25, 0.3) is 0 Å². The summed E-state index contributed by atoms with van der Waals surface area (Å²) in [7, 11) is 1.62. The predicted molar refractivity (Wildman–Crippen MR) is 90.7 cm³/mol. The Hall–Kier alpha value is -2.07. The number of aliphatic hydroxyl groups is 2. The van der Waals surface area contributed by atoms with E-state index in [1.165, 1.54) is 18.4 Å². The first-order valence-electron chi connectivity index (χ1n) is 7.83. The van der Waals surface area contributed by atoms with E-state index in [4.69, 9.17) is 15.2 Å². The fourth-order valence-corrected chi connectivity index (χ4v) is 2.00. The molecule has 1 saturated heterocycles. The van der Waals surface area contributed by atoms with Crippen LogP contribution in [0.5, 0.6) is 0 Å². The van der Waals surface area contributed by atoms with E-state index in [1.807, 2.05) is 0 Å². The van der Waals surface area contributed by atoms with Gasteiger partial charge in [-0.15, -0.1) is 0 Å². The number of primary amides is 1. The Balaban J connectivity index is 2.58. The minimum atomic E-state index is -1.26. The highest BCUT2D eigenvalue weighted by Crippen LogP contribution is 2.22. The number of carbonyl (C=O) groups is 2. The lowest BCUT2D eigenvalue weighted by atomic mass is 10.1. The van der Waals surface area contributed by atoms with Gasteiger partial charge in [0.05, 0.1) is 0 Å². The monoisotopic (exact) mass is 355 g/mol. The van der Waals surface area contributed by atoms with Gasteiger partial charge in [-0.1, -0.05) is 6.08 Å². The van der Waals surface area contributed by atoms with Crippen LogP contribution in [0.25, 0.3) is 0 Å². The average Bonchev–Trinajstić information content (AvgIpc) is 2.86. The molecule has 0 aromatic rings. The third-order valence-electron chi connectivity index (χ3n) is 3.70. The number of aliphatic imine (C=N–C) groups is 1. The van der Waals surface area contributed by atoms with Crippen molar-refractivity contribution in [3.63, 3.8) is 0 Å². The summed E-state index contributed by atoms with van der Waals surface area (Å²) in [6.45, 7) is 3.10. The second-order valence-corrected chi connectivity index (χ2v) is 5.45. The summed E-state index contributed by atoms with van der Waals surface area (Å²) in [5, 5.41) is 22.6. The number of carbonyl (C=O) groups excluding carboxylic acids is 2. The van der Waals surface area contributed by atoms with Crippen molar-refractivity contribution in [1.29, 1.82) is 0 Å². The minimum Gasteiger partial charge on any atom is -0.462 e. The van der Waals surface area contributed by atoms with Crippen LogP contribution >= 0.6 is 0 Å². The van der Waals surface area contributed by atoms with Crippen molar-refractivity contribution in [1.82, 2.24) is 5.32 Å². The molecule has 1 heterocycles. The van der Waals surface area contributed by atoms with Crippen LogP contribution in [0.1, 0.15) is 13.8 Å². The maximum absolute atomic E-state index is 11.6. The van der Waals surface area contributed by atoms with Gasteiger partial charge in [0.15, 0.2) is 6.23 Å². The lowest BCUT2D eigenvalue weighted by Gasteiger charge is -2.16. The van der Waals surface area contributed by atoms with Gasteiger partial charge in [0.1, 0.15) is 31.0 Å². The van der Waals surface area contributed by atoms with Gasteiger partial charge in [-0.3, -0.25) is 14.6 Å². The van der Waals surface area contributed by atoms with Crippen molar-refractivity contribution in [2.75, 3.05) is 13.7 Å². The van der Waals surface area contributed by atoms with Crippen molar-refractivity contribution < 1.29 is 29.3 Å². The number of esters is 1. The first kappa shape index (κ1) is 21.0. The Kier molecular flexibility index (Phi) is 8.42. The minimum absolute atomic E-state index is 0.199. The number of nitrogens with two attached hydrogens (primary N) is 1. The van der Waals surface area contributed by atoms with Crippen LogP contribution in [0.4, 0.5) is 0 Å². The molecule has 1 aliphatic heterocycles. The fraction of sp³-hybridized carbons (Fsp3) is 0.562. The number of aliphatic hydroxyl groups excluding tert-OH is 2. The van der Waals surface area contributed by atoms with Gasteiger partial charge in [-0.2, -0.15) is 0 Å². The van der Waals surface area contributed by atoms with Crippen LogP contribution in [0.15, 0.2) is 28.8 Å². The number of allylic oxidation sites excluding steroid dienone is 2. The molecule has 0 unspecified atom stereocenters. The molecule has 1 rings (SSSR count). The third-order valence-corrected chi connectivity index (χ3v) is 3.70. The number of hydrogen-bond acceptors (Lipinski definition) is 8. The molecule has 0 bridgehead atoms. The maximum atomic E-state index is 11.6. The van der Waals surface area contributed by atoms with E-state index in [0.29, 0.717) is 5.57 Å². The van der Waals surface area contributed by atoms with Crippen LogP contribution in [0.3, 0.4) is 0 Å². The quantitative estimate of drug-likeness (QED) is 0.182. The molecule has 0 saturated carbocycles. The predicted octanol–water partition coefficient (Wildman–Crippen LogP) is -1.36. The molecule has 0 aromatic carbocycles. The van der Waals surface area contributed by atoms with E-state index in [0.717, 1.165) is 0 Å². The molecule has 1 amide bonds. The van der Waals surface area contributed by atoms with Crippen molar-refractivity contribution in [2.24, 2.45) is 10.7 Å². The topological polar surface area (TPSA) is 143 Å². The Labute approximate surface area is 146 Å². The van der Waals surface area contributed by atoms with Crippen LogP contribution in [0, 0.1) is 0 Å². The zero-order chi connectivity index (χ0) is 19.0. The van der Waals surface area contributed by atoms with Crippen molar-refractivity contribution in [2.45, 2.75) is 44.4 Å². The van der Waals surface area contributed by atoms with E-state index in [-0.39, 0.29) is 6.61 Å². The Bertz CT molecular complexity index is 560. The summed E-state index contributed by atoms with van der Waals surface area (Å²) in [6.07, 6.45) is 1.41. The van der Waals surface area contributed by atoms with Gasteiger partial charge >= 0.3 is 5.97 Å². The number of amides is 1. The molecule has 9 heteroatoms. The maximum Gasteiger partial charge on any atom is 0.322 e. The first-order valence-corrected chi connectivity index (χ1v) is 7.83. The molecule has 1 fully saturated rings. The molecule has 0 spiro atoms. The number of nitrogens with zero attached hydrogens (tertiary/aromatic N) is 1. The molecule has 1 aliphatic rings. The largest absolute Gasteiger partial charge is 0.462 e. The van der Waals surface area contributed by atoms with Gasteiger partial charge in [0, 0.05) is 11.8 Å². The van der Waals surface area contributed by atoms with E-state index in [2.05, 4.69) is 10.3 Å². The molecule has 0 radical (unpaired) electrons. The zero-order valence-electron chi connectivity index (χ0n) is 14.5. The van der Waals surface area contributed by atoms with Crippen molar-refractivity contribution in [3.05, 3.63) is 23.8 Å². The van der Waals surface area contributed by atoms with Crippen molar-refractivity contribution >= 4 is 18.1 Å². The zero-order valence-corrected chi connectivity index (χ0v) is 14.5. The molecule has 5 N–H and O–H groups in total. The van der Waals surface area contributed by atoms with Crippen LogP contribution in [-0.4, -0.2) is 72.5 Å². The molecular weight excluding hydrogens is 330 g/mol. The molecule has 0 aromatic heterocycles. The smallest absolute Gasteiger partial charge is 0.322 e. The highest BCUT2D eigenvalue weighted by atomic mass is 16.6. The second-order valence-electron chi connectivity index (χ2n) is 5.45. The van der Waals surface area contributed by atoms with E-state index < -0.39 is 42.5 Å². The summed E-state index contributed by atoms with van der Waals surface area (Å²) in [6, 6.07) is -0.492. The molecule has 9 nitrogen and oxygen atoms in total. The van der Waals surface area contributed by atoms with Crippen molar-refractivity contribution in [3.8, 4) is 0 Å². The normalized spacial score (nSPS) is 28.6. The lowest BCUT2D eigenvalue weighted by Crippen LogP contribution is -2.38. The molecule has 140 valence electrons. The Morgan fingerprint density at radius 3 is 2.64 bits per heavy atom. The molecule has 5 atom stereocenters. The second kappa shape index (κ2) is 10.0. The van der Waals surface area contributed by atoms with E-state index in [9.17, 15) is 19.8 Å². The summed E-state index contributed by atoms with van der Waals surface area (Å²) < 4.78 is 10.4. The average molecular weight is 355 g/mol. The first-order chi connectivity index (χ1) is 11.8. The standard InChI is InChI=1S/C16H25N3O6/c1-4-10(14(17)22)6-5-7-19-15-13(21)12(20)11(25-15)8-24-16(23)9(2)18-3/h4-7,9,11-13,15,18,20-21H,8H2,1-3H3,(H2,17,22)/b6-5-,10-4+,19-7+/t9-,11+,12+,13+,15+/m0/s1. The summed E-state index contributed by atoms with van der Waals surface area (Å²) in [4.78, 5) is 26.6. The Morgan fingerprint density at radius 2 is 2.08 bits per heavy atom. The number of likely N-dealkylation sites (N-methyl/N-ethyl adjacent to an activating group) is 1. The molecule has 0 aliphatic carbocycles. The van der Waals surface area contributed by atoms with Gasteiger partial charge in [-0.05, 0) is 33.0 Å².